The normalized spacial score (nSPS) is 14.6. The smallest absolute Gasteiger partial charge is 0.326 e. The van der Waals surface area contributed by atoms with E-state index in [-0.39, 0.29) is 18.0 Å². The number of carbonyl (C=O) groups excluding carboxylic acids is 1. The molecular weight excluding hydrogens is 220 g/mol. The van der Waals surface area contributed by atoms with Gasteiger partial charge in [-0.2, -0.15) is 0 Å². The summed E-state index contributed by atoms with van der Waals surface area (Å²) in [7, 11) is 1.68. The Hall–Kier alpha value is -1.26. The molecule has 2 atom stereocenters. The number of urea groups is 1. The first-order valence-electron chi connectivity index (χ1n) is 5.94. The summed E-state index contributed by atoms with van der Waals surface area (Å²) in [5.74, 6) is -0.814. The zero-order chi connectivity index (χ0) is 13.7. The molecule has 0 bridgehead atoms. The van der Waals surface area contributed by atoms with E-state index in [9.17, 15) is 9.59 Å². The van der Waals surface area contributed by atoms with E-state index in [0.29, 0.717) is 5.92 Å². The van der Waals surface area contributed by atoms with Crippen molar-refractivity contribution in [3.05, 3.63) is 0 Å². The number of nitrogens with one attached hydrogen (secondary N) is 1. The van der Waals surface area contributed by atoms with Gasteiger partial charge in [0.05, 0.1) is 0 Å². The fourth-order valence-corrected chi connectivity index (χ4v) is 1.38. The van der Waals surface area contributed by atoms with Crippen LogP contribution >= 0.6 is 0 Å². The van der Waals surface area contributed by atoms with Crippen LogP contribution in [-0.4, -0.2) is 41.1 Å². The molecule has 0 aromatic carbocycles. The Labute approximate surface area is 103 Å². The van der Waals surface area contributed by atoms with Crippen molar-refractivity contribution in [2.45, 2.75) is 46.7 Å². The van der Waals surface area contributed by atoms with Crippen molar-refractivity contribution >= 4 is 12.0 Å². The van der Waals surface area contributed by atoms with Gasteiger partial charge in [-0.1, -0.05) is 27.7 Å². The second-order valence-corrected chi connectivity index (χ2v) is 5.10. The number of rotatable bonds is 5. The summed E-state index contributed by atoms with van der Waals surface area (Å²) < 4.78 is 0. The van der Waals surface area contributed by atoms with Crippen LogP contribution in [0.3, 0.4) is 0 Å². The highest BCUT2D eigenvalue weighted by Crippen LogP contribution is 2.09. The van der Waals surface area contributed by atoms with Gasteiger partial charge in [-0.15, -0.1) is 0 Å². The molecule has 0 aliphatic heterocycles. The Morgan fingerprint density at radius 1 is 1.06 bits per heavy atom. The van der Waals surface area contributed by atoms with Crippen LogP contribution in [0, 0.1) is 11.8 Å². The van der Waals surface area contributed by atoms with Gasteiger partial charge in [-0.05, 0) is 18.8 Å². The molecule has 1 unspecified atom stereocenters. The fourth-order valence-electron chi connectivity index (χ4n) is 1.38. The number of hydrogen-bond acceptors (Lipinski definition) is 2. The zero-order valence-electron chi connectivity index (χ0n) is 11.5. The minimum absolute atomic E-state index is 0.0663. The van der Waals surface area contributed by atoms with Crippen LogP contribution in [0.5, 0.6) is 0 Å². The third-order valence-electron chi connectivity index (χ3n) is 3.11. The number of amides is 2. The summed E-state index contributed by atoms with van der Waals surface area (Å²) in [6.45, 7) is 9.52. The van der Waals surface area contributed by atoms with Crippen molar-refractivity contribution in [3.63, 3.8) is 0 Å². The predicted octanol–water partition coefficient (Wildman–Crippen LogP) is 1.78. The van der Waals surface area contributed by atoms with Gasteiger partial charge in [-0.3, -0.25) is 0 Å². The van der Waals surface area contributed by atoms with Crippen molar-refractivity contribution in [1.82, 2.24) is 10.2 Å². The second-order valence-electron chi connectivity index (χ2n) is 5.10. The van der Waals surface area contributed by atoms with Crippen LogP contribution in [0.25, 0.3) is 0 Å². The topological polar surface area (TPSA) is 69.6 Å². The lowest BCUT2D eigenvalue weighted by molar-refractivity contribution is -0.140. The van der Waals surface area contributed by atoms with Crippen molar-refractivity contribution in [2.24, 2.45) is 11.8 Å². The van der Waals surface area contributed by atoms with Gasteiger partial charge in [0.25, 0.3) is 0 Å². The third-order valence-corrected chi connectivity index (χ3v) is 3.11. The lowest BCUT2D eigenvalue weighted by Gasteiger charge is -2.30. The van der Waals surface area contributed by atoms with Crippen molar-refractivity contribution in [3.8, 4) is 0 Å². The summed E-state index contributed by atoms with van der Waals surface area (Å²) in [6.07, 6.45) is 0. The Balaban J connectivity index is 4.56. The molecule has 100 valence electrons. The van der Waals surface area contributed by atoms with Gasteiger partial charge in [0, 0.05) is 13.1 Å². The average molecular weight is 244 g/mol. The molecule has 0 heterocycles. The summed E-state index contributed by atoms with van der Waals surface area (Å²) in [6, 6.07) is -1.12. The number of aliphatic carboxylic acids is 1. The molecule has 0 saturated heterocycles. The molecule has 17 heavy (non-hydrogen) atoms. The predicted molar refractivity (Wildman–Crippen MR) is 66.9 cm³/mol. The molecular formula is C12H24N2O3. The maximum absolute atomic E-state index is 11.9. The molecule has 0 aliphatic carbocycles. The molecule has 5 nitrogen and oxygen atoms in total. The Kier molecular flexibility index (Phi) is 5.99. The Morgan fingerprint density at radius 3 is 1.82 bits per heavy atom. The van der Waals surface area contributed by atoms with Gasteiger partial charge in [0.2, 0.25) is 0 Å². The minimum Gasteiger partial charge on any atom is -0.480 e. The van der Waals surface area contributed by atoms with Gasteiger partial charge < -0.3 is 15.3 Å². The van der Waals surface area contributed by atoms with Crippen molar-refractivity contribution in [2.75, 3.05) is 7.05 Å². The third kappa shape index (κ3) is 4.63. The highest BCUT2D eigenvalue weighted by Gasteiger charge is 2.26. The first-order chi connectivity index (χ1) is 7.68. The second kappa shape index (κ2) is 6.47. The highest BCUT2D eigenvalue weighted by atomic mass is 16.4. The number of carboxylic acid groups (broad SMARTS) is 1. The van der Waals surface area contributed by atoms with E-state index in [1.165, 1.54) is 0 Å². The summed E-state index contributed by atoms with van der Waals surface area (Å²) in [5.41, 5.74) is 0. The van der Waals surface area contributed by atoms with Crippen LogP contribution in [0.15, 0.2) is 0 Å². The van der Waals surface area contributed by atoms with E-state index in [1.54, 1.807) is 25.8 Å². The monoisotopic (exact) mass is 244 g/mol. The molecule has 0 spiro atoms. The number of carbonyl (C=O) groups is 2. The highest BCUT2D eigenvalue weighted by molar-refractivity contribution is 5.82. The molecule has 2 amide bonds. The molecule has 0 aromatic rings. The van der Waals surface area contributed by atoms with E-state index in [4.69, 9.17) is 5.11 Å². The zero-order valence-corrected chi connectivity index (χ0v) is 11.5. The molecule has 0 rings (SSSR count). The first-order valence-corrected chi connectivity index (χ1v) is 5.94. The van der Waals surface area contributed by atoms with Crippen molar-refractivity contribution in [1.29, 1.82) is 0 Å². The van der Waals surface area contributed by atoms with Gasteiger partial charge in [0.1, 0.15) is 6.04 Å². The quantitative estimate of drug-likeness (QED) is 0.774. The molecule has 0 aromatic heterocycles. The van der Waals surface area contributed by atoms with E-state index >= 15 is 0 Å². The van der Waals surface area contributed by atoms with Crippen LogP contribution in [0.4, 0.5) is 4.79 Å². The Bertz CT molecular complexity index is 277. The summed E-state index contributed by atoms with van der Waals surface area (Å²) in [5, 5.41) is 11.5. The fraction of sp³-hybridized carbons (Fsp3) is 0.833. The number of carboxylic acids is 1. The first kappa shape index (κ1) is 15.7. The van der Waals surface area contributed by atoms with E-state index < -0.39 is 12.0 Å². The van der Waals surface area contributed by atoms with Gasteiger partial charge in [0.15, 0.2) is 0 Å². The Morgan fingerprint density at radius 2 is 1.53 bits per heavy atom. The standard InChI is InChI=1S/C12H24N2O3/c1-7(2)9(5)14(6)12(17)13-10(8(3)4)11(15)16/h7-10H,1-6H3,(H,13,17)(H,15,16)/t9?,10-/m0/s1. The summed E-state index contributed by atoms with van der Waals surface area (Å²) in [4.78, 5) is 24.4. The van der Waals surface area contributed by atoms with Crippen LogP contribution in [0.2, 0.25) is 0 Å². The number of hydrogen-bond donors (Lipinski definition) is 2. The molecule has 0 radical (unpaired) electrons. The van der Waals surface area contributed by atoms with Gasteiger partial charge >= 0.3 is 12.0 Å². The van der Waals surface area contributed by atoms with E-state index in [1.807, 2.05) is 20.8 Å². The average Bonchev–Trinajstić information content (AvgIpc) is 2.22. The summed E-state index contributed by atoms with van der Waals surface area (Å²) >= 11 is 0. The maximum atomic E-state index is 11.9. The van der Waals surface area contributed by atoms with Crippen LogP contribution < -0.4 is 5.32 Å². The molecule has 0 fully saturated rings. The maximum Gasteiger partial charge on any atom is 0.326 e. The minimum atomic E-state index is -1.00. The lowest BCUT2D eigenvalue weighted by atomic mass is 10.0. The van der Waals surface area contributed by atoms with E-state index in [2.05, 4.69) is 5.32 Å². The van der Waals surface area contributed by atoms with Crippen molar-refractivity contribution < 1.29 is 14.7 Å². The number of nitrogens with zero attached hydrogens (tertiary/aromatic N) is 1. The largest absolute Gasteiger partial charge is 0.480 e. The lowest BCUT2D eigenvalue weighted by Crippen LogP contribution is -2.51. The van der Waals surface area contributed by atoms with E-state index in [0.717, 1.165) is 0 Å². The molecule has 2 N–H and O–H groups in total. The van der Waals surface area contributed by atoms with Crippen LogP contribution in [0.1, 0.15) is 34.6 Å². The molecule has 0 saturated carbocycles. The molecule has 0 aliphatic rings. The van der Waals surface area contributed by atoms with Gasteiger partial charge in [-0.25, -0.2) is 9.59 Å². The SMILES string of the molecule is CC(C)C(C)N(C)C(=O)N[C@H](C(=O)O)C(C)C. The van der Waals surface area contributed by atoms with Crippen LogP contribution in [-0.2, 0) is 4.79 Å². The molecule has 5 heteroatoms.